The van der Waals surface area contributed by atoms with Crippen molar-refractivity contribution in [3.63, 3.8) is 0 Å². The standard InChI is InChI=1S/C14H22N4O2/c1-2-3-12-10-13(16-11-15-12)18-8-6-17(7-9-18)5-4-14(19)20/h10-11H,2-9H2,1H3,(H,19,20). The molecule has 6 nitrogen and oxygen atoms in total. The van der Waals surface area contributed by atoms with Crippen molar-refractivity contribution in [2.24, 2.45) is 0 Å². The monoisotopic (exact) mass is 278 g/mol. The molecule has 110 valence electrons. The van der Waals surface area contributed by atoms with Crippen LogP contribution in [0.2, 0.25) is 0 Å². The molecule has 0 saturated carbocycles. The van der Waals surface area contributed by atoms with Crippen LogP contribution < -0.4 is 4.90 Å². The minimum atomic E-state index is -0.729. The zero-order chi connectivity index (χ0) is 14.4. The summed E-state index contributed by atoms with van der Waals surface area (Å²) in [6.45, 7) is 6.34. The van der Waals surface area contributed by atoms with Crippen molar-refractivity contribution in [2.45, 2.75) is 26.2 Å². The third-order valence-electron chi connectivity index (χ3n) is 3.55. The lowest BCUT2D eigenvalue weighted by atomic mass is 10.2. The number of rotatable bonds is 6. The van der Waals surface area contributed by atoms with Crippen LogP contribution in [0, 0.1) is 0 Å². The molecule has 0 bridgehead atoms. The SMILES string of the molecule is CCCc1cc(N2CCN(CCC(=O)O)CC2)ncn1. The van der Waals surface area contributed by atoms with Gasteiger partial charge in [0.15, 0.2) is 0 Å². The highest BCUT2D eigenvalue weighted by molar-refractivity contribution is 5.66. The van der Waals surface area contributed by atoms with E-state index in [0.29, 0.717) is 6.54 Å². The van der Waals surface area contributed by atoms with E-state index < -0.39 is 5.97 Å². The Bertz CT molecular complexity index is 445. The highest BCUT2D eigenvalue weighted by atomic mass is 16.4. The second kappa shape index (κ2) is 7.19. The summed E-state index contributed by atoms with van der Waals surface area (Å²) >= 11 is 0. The maximum Gasteiger partial charge on any atom is 0.304 e. The van der Waals surface area contributed by atoms with Crippen molar-refractivity contribution >= 4 is 11.8 Å². The molecule has 0 aromatic carbocycles. The Hall–Kier alpha value is -1.69. The molecule has 1 aliphatic heterocycles. The van der Waals surface area contributed by atoms with E-state index >= 15 is 0 Å². The molecule has 0 atom stereocenters. The van der Waals surface area contributed by atoms with Crippen LogP contribution in [0.3, 0.4) is 0 Å². The van der Waals surface area contributed by atoms with Crippen LogP contribution in [0.1, 0.15) is 25.5 Å². The van der Waals surface area contributed by atoms with E-state index in [9.17, 15) is 4.79 Å². The van der Waals surface area contributed by atoms with Crippen molar-refractivity contribution in [3.05, 3.63) is 18.1 Å². The number of aryl methyl sites for hydroxylation is 1. The fourth-order valence-electron chi connectivity index (χ4n) is 2.41. The molecule has 1 fully saturated rings. The smallest absolute Gasteiger partial charge is 0.304 e. The molecule has 0 amide bonds. The van der Waals surface area contributed by atoms with Crippen molar-refractivity contribution in [3.8, 4) is 0 Å². The molecule has 1 saturated heterocycles. The van der Waals surface area contributed by atoms with Crippen molar-refractivity contribution in [1.29, 1.82) is 0 Å². The zero-order valence-corrected chi connectivity index (χ0v) is 12.0. The highest BCUT2D eigenvalue weighted by Gasteiger charge is 2.18. The summed E-state index contributed by atoms with van der Waals surface area (Å²) in [5.41, 5.74) is 1.09. The van der Waals surface area contributed by atoms with Crippen LogP contribution in [-0.4, -0.2) is 58.7 Å². The van der Waals surface area contributed by atoms with Crippen LogP contribution in [0.15, 0.2) is 12.4 Å². The number of carbonyl (C=O) groups is 1. The molecule has 1 aromatic heterocycles. The Morgan fingerprint density at radius 3 is 2.70 bits per heavy atom. The molecule has 1 N–H and O–H groups in total. The minimum Gasteiger partial charge on any atom is -0.481 e. The number of hydrogen-bond acceptors (Lipinski definition) is 5. The van der Waals surface area contributed by atoms with Gasteiger partial charge in [-0.25, -0.2) is 9.97 Å². The maximum absolute atomic E-state index is 10.6. The summed E-state index contributed by atoms with van der Waals surface area (Å²) in [7, 11) is 0. The van der Waals surface area contributed by atoms with Gasteiger partial charge in [0.2, 0.25) is 0 Å². The molecule has 6 heteroatoms. The zero-order valence-electron chi connectivity index (χ0n) is 12.0. The first kappa shape index (κ1) is 14.7. The fraction of sp³-hybridized carbons (Fsp3) is 0.643. The molecule has 2 rings (SSSR count). The normalized spacial score (nSPS) is 16.4. The number of nitrogens with zero attached hydrogens (tertiary/aromatic N) is 4. The lowest BCUT2D eigenvalue weighted by Crippen LogP contribution is -2.47. The van der Waals surface area contributed by atoms with Gasteiger partial charge in [-0.1, -0.05) is 13.3 Å². The molecule has 0 aliphatic carbocycles. The van der Waals surface area contributed by atoms with E-state index in [1.165, 1.54) is 0 Å². The van der Waals surface area contributed by atoms with Gasteiger partial charge in [0.05, 0.1) is 6.42 Å². The van der Waals surface area contributed by atoms with Crippen molar-refractivity contribution in [2.75, 3.05) is 37.6 Å². The van der Waals surface area contributed by atoms with Gasteiger partial charge in [0.25, 0.3) is 0 Å². The van der Waals surface area contributed by atoms with E-state index in [-0.39, 0.29) is 6.42 Å². The Morgan fingerprint density at radius 1 is 1.30 bits per heavy atom. The number of carboxylic acid groups (broad SMARTS) is 1. The molecule has 0 radical (unpaired) electrons. The molecule has 1 aliphatic rings. The topological polar surface area (TPSA) is 69.6 Å². The van der Waals surface area contributed by atoms with Gasteiger partial charge in [-0.05, 0) is 6.42 Å². The van der Waals surface area contributed by atoms with E-state index in [1.54, 1.807) is 6.33 Å². The average molecular weight is 278 g/mol. The van der Waals surface area contributed by atoms with Crippen molar-refractivity contribution in [1.82, 2.24) is 14.9 Å². The van der Waals surface area contributed by atoms with Crippen molar-refractivity contribution < 1.29 is 9.90 Å². The van der Waals surface area contributed by atoms with Crippen LogP contribution in [-0.2, 0) is 11.2 Å². The van der Waals surface area contributed by atoms with Gasteiger partial charge in [-0.2, -0.15) is 0 Å². The first-order valence-corrected chi connectivity index (χ1v) is 7.19. The van der Waals surface area contributed by atoms with E-state index in [0.717, 1.165) is 50.5 Å². The van der Waals surface area contributed by atoms with Crippen LogP contribution in [0.25, 0.3) is 0 Å². The van der Waals surface area contributed by atoms with Gasteiger partial charge < -0.3 is 10.0 Å². The molecule has 0 unspecified atom stereocenters. The third kappa shape index (κ3) is 4.16. The Kier molecular flexibility index (Phi) is 5.29. The Balaban J connectivity index is 1.86. The molecule has 20 heavy (non-hydrogen) atoms. The van der Waals surface area contributed by atoms with Gasteiger partial charge in [-0.3, -0.25) is 9.69 Å². The third-order valence-corrected chi connectivity index (χ3v) is 3.55. The van der Waals surface area contributed by atoms with Gasteiger partial charge >= 0.3 is 5.97 Å². The van der Waals surface area contributed by atoms with Gasteiger partial charge in [0.1, 0.15) is 12.1 Å². The fourth-order valence-corrected chi connectivity index (χ4v) is 2.41. The summed E-state index contributed by atoms with van der Waals surface area (Å²) in [5.74, 6) is 0.258. The predicted octanol–water partition coefficient (Wildman–Crippen LogP) is 1.03. The molecule has 2 heterocycles. The van der Waals surface area contributed by atoms with Gasteiger partial charge in [0, 0.05) is 44.5 Å². The number of carboxylic acids is 1. The molecule has 0 spiro atoms. The first-order chi connectivity index (χ1) is 9.69. The number of piperazine rings is 1. The summed E-state index contributed by atoms with van der Waals surface area (Å²) in [4.78, 5) is 23.6. The lowest BCUT2D eigenvalue weighted by molar-refractivity contribution is -0.137. The van der Waals surface area contributed by atoms with E-state index in [4.69, 9.17) is 5.11 Å². The highest BCUT2D eigenvalue weighted by Crippen LogP contribution is 2.14. The summed E-state index contributed by atoms with van der Waals surface area (Å²) in [6.07, 6.45) is 3.92. The van der Waals surface area contributed by atoms with Crippen LogP contribution >= 0.6 is 0 Å². The van der Waals surface area contributed by atoms with Gasteiger partial charge in [-0.15, -0.1) is 0 Å². The van der Waals surface area contributed by atoms with Crippen LogP contribution in [0.4, 0.5) is 5.82 Å². The Labute approximate surface area is 119 Å². The quantitative estimate of drug-likeness (QED) is 0.838. The number of aliphatic carboxylic acids is 1. The maximum atomic E-state index is 10.6. The molecule has 1 aromatic rings. The molecular formula is C14H22N4O2. The van der Waals surface area contributed by atoms with E-state index in [2.05, 4.69) is 32.8 Å². The number of anilines is 1. The predicted molar refractivity (Wildman–Crippen MR) is 76.9 cm³/mol. The largest absolute Gasteiger partial charge is 0.481 e. The summed E-state index contributed by atoms with van der Waals surface area (Å²) in [6, 6.07) is 2.07. The van der Waals surface area contributed by atoms with E-state index in [1.807, 2.05) is 0 Å². The second-order valence-electron chi connectivity index (χ2n) is 5.09. The first-order valence-electron chi connectivity index (χ1n) is 7.19. The Morgan fingerprint density at radius 2 is 2.05 bits per heavy atom. The summed E-state index contributed by atoms with van der Waals surface area (Å²) < 4.78 is 0. The lowest BCUT2D eigenvalue weighted by Gasteiger charge is -2.35. The minimum absolute atomic E-state index is 0.216. The average Bonchev–Trinajstić information content (AvgIpc) is 2.46. The molecular weight excluding hydrogens is 256 g/mol. The van der Waals surface area contributed by atoms with Crippen LogP contribution in [0.5, 0.6) is 0 Å². The number of hydrogen-bond donors (Lipinski definition) is 1. The number of aromatic nitrogens is 2. The summed E-state index contributed by atoms with van der Waals surface area (Å²) in [5, 5.41) is 8.70. The second-order valence-corrected chi connectivity index (χ2v) is 5.09.